The van der Waals surface area contributed by atoms with E-state index in [0.29, 0.717) is 0 Å². The summed E-state index contributed by atoms with van der Waals surface area (Å²) in [6, 6.07) is 0. The van der Waals surface area contributed by atoms with Crippen LogP contribution in [0.3, 0.4) is 0 Å². The molecule has 0 aliphatic rings. The average Bonchev–Trinajstić information content (AvgIpc) is 2.71. The van der Waals surface area contributed by atoms with E-state index in [1.54, 1.807) is 0 Å². The van der Waals surface area contributed by atoms with Crippen LogP contribution in [0, 0.1) is 0 Å². The second-order valence-electron chi connectivity index (χ2n) is 8.75. The molecule has 0 nitrogen and oxygen atoms in total. The van der Waals surface area contributed by atoms with Crippen LogP contribution in [0.5, 0.6) is 0 Å². The van der Waals surface area contributed by atoms with Crippen LogP contribution in [0.1, 0.15) is 155 Å². The standard InChI is InChI=1S/C28H54/c1-3-5-7-9-11-13-15-17-19-21-23-25-27-28-26-24-22-20-18-16-14-12-10-8-6-4-2/h9,11,27-28H,3-8,10,12-26H2,1-2H3/b11-9?,28-27+. The lowest BCUT2D eigenvalue weighted by atomic mass is 10.0. The fourth-order valence-electron chi connectivity index (χ4n) is 3.77. The van der Waals surface area contributed by atoms with Gasteiger partial charge in [0.1, 0.15) is 0 Å². The molecule has 0 amide bonds. The Morgan fingerprint density at radius 1 is 0.286 bits per heavy atom. The molecule has 0 heteroatoms. The first-order chi connectivity index (χ1) is 13.9. The first kappa shape index (κ1) is 27.5. The first-order valence-corrected chi connectivity index (χ1v) is 13.2. The van der Waals surface area contributed by atoms with E-state index in [2.05, 4.69) is 38.2 Å². The normalized spacial score (nSPS) is 11.9. The molecule has 28 heavy (non-hydrogen) atoms. The highest BCUT2D eigenvalue weighted by atomic mass is 14.0. The van der Waals surface area contributed by atoms with E-state index in [9.17, 15) is 0 Å². The summed E-state index contributed by atoms with van der Waals surface area (Å²) < 4.78 is 0. The predicted molar refractivity (Wildman–Crippen MR) is 131 cm³/mol. The minimum atomic E-state index is 1.28. The first-order valence-electron chi connectivity index (χ1n) is 13.2. The van der Waals surface area contributed by atoms with E-state index in [1.165, 1.54) is 141 Å². The van der Waals surface area contributed by atoms with Gasteiger partial charge in [-0.25, -0.2) is 0 Å². The molecule has 0 radical (unpaired) electrons. The van der Waals surface area contributed by atoms with Gasteiger partial charge in [-0.2, -0.15) is 0 Å². The topological polar surface area (TPSA) is 0 Å². The molecular weight excluding hydrogens is 336 g/mol. The van der Waals surface area contributed by atoms with Gasteiger partial charge in [-0.1, -0.05) is 134 Å². The van der Waals surface area contributed by atoms with Crippen molar-refractivity contribution in [3.8, 4) is 0 Å². The van der Waals surface area contributed by atoms with Gasteiger partial charge in [0.2, 0.25) is 0 Å². The van der Waals surface area contributed by atoms with Crippen molar-refractivity contribution in [3.63, 3.8) is 0 Å². The number of allylic oxidation sites excluding steroid dienone is 4. The van der Waals surface area contributed by atoms with Gasteiger partial charge < -0.3 is 0 Å². The Kier molecular flexibility index (Phi) is 26.0. The van der Waals surface area contributed by atoms with Gasteiger partial charge in [0.15, 0.2) is 0 Å². The SMILES string of the molecule is CCCCC=CCCCCCCC/C=C/CCCCCCCCCCCCC. The summed E-state index contributed by atoms with van der Waals surface area (Å²) in [5, 5.41) is 0. The average molecular weight is 391 g/mol. The van der Waals surface area contributed by atoms with Crippen molar-refractivity contribution in [2.75, 3.05) is 0 Å². The molecule has 0 aliphatic heterocycles. The molecule has 0 saturated heterocycles. The molecule has 0 spiro atoms. The molecule has 166 valence electrons. The van der Waals surface area contributed by atoms with Crippen LogP contribution in [-0.2, 0) is 0 Å². The van der Waals surface area contributed by atoms with E-state index in [1.807, 2.05) is 0 Å². The maximum atomic E-state index is 2.44. The zero-order valence-electron chi connectivity index (χ0n) is 19.9. The molecule has 0 bridgehead atoms. The third-order valence-electron chi connectivity index (χ3n) is 5.77. The van der Waals surface area contributed by atoms with Crippen LogP contribution < -0.4 is 0 Å². The van der Waals surface area contributed by atoms with Crippen LogP contribution in [0.25, 0.3) is 0 Å². The van der Waals surface area contributed by atoms with E-state index < -0.39 is 0 Å². The highest BCUT2D eigenvalue weighted by Crippen LogP contribution is 2.12. The van der Waals surface area contributed by atoms with Crippen molar-refractivity contribution in [3.05, 3.63) is 24.3 Å². The molecule has 0 aliphatic carbocycles. The lowest BCUT2D eigenvalue weighted by Crippen LogP contribution is -1.82. The van der Waals surface area contributed by atoms with Crippen molar-refractivity contribution in [1.82, 2.24) is 0 Å². The summed E-state index contributed by atoms with van der Waals surface area (Å²) in [5.41, 5.74) is 0. The van der Waals surface area contributed by atoms with E-state index in [4.69, 9.17) is 0 Å². The maximum Gasteiger partial charge on any atom is -0.0351 e. The van der Waals surface area contributed by atoms with Gasteiger partial charge in [0, 0.05) is 0 Å². The fourth-order valence-corrected chi connectivity index (χ4v) is 3.77. The Labute approximate surface area is 179 Å². The lowest BCUT2D eigenvalue weighted by Gasteiger charge is -2.01. The Bertz CT molecular complexity index is 312. The molecular formula is C28H54. The Hall–Kier alpha value is -0.520. The molecule has 0 unspecified atom stereocenters. The zero-order chi connectivity index (χ0) is 20.4. The maximum absolute atomic E-state index is 2.44. The Morgan fingerprint density at radius 2 is 0.536 bits per heavy atom. The molecule has 0 aromatic rings. The van der Waals surface area contributed by atoms with Crippen molar-refractivity contribution >= 4 is 0 Å². The van der Waals surface area contributed by atoms with Crippen molar-refractivity contribution in [2.45, 2.75) is 155 Å². The summed E-state index contributed by atoms with van der Waals surface area (Å²) >= 11 is 0. The second kappa shape index (κ2) is 26.5. The van der Waals surface area contributed by atoms with Gasteiger partial charge in [0.05, 0.1) is 0 Å². The molecule has 0 aromatic heterocycles. The lowest BCUT2D eigenvalue weighted by molar-refractivity contribution is 0.550. The highest BCUT2D eigenvalue weighted by Gasteiger charge is 1.93. The molecule has 0 aromatic carbocycles. The van der Waals surface area contributed by atoms with Gasteiger partial charge >= 0.3 is 0 Å². The van der Waals surface area contributed by atoms with Crippen LogP contribution in [0.4, 0.5) is 0 Å². The van der Waals surface area contributed by atoms with Crippen LogP contribution in [-0.4, -0.2) is 0 Å². The third-order valence-corrected chi connectivity index (χ3v) is 5.77. The fraction of sp³-hybridized carbons (Fsp3) is 0.857. The summed E-state index contributed by atoms with van der Waals surface area (Å²) in [4.78, 5) is 0. The summed E-state index contributed by atoms with van der Waals surface area (Å²) in [6.07, 6.45) is 40.4. The summed E-state index contributed by atoms with van der Waals surface area (Å²) in [6.45, 7) is 4.56. The minimum Gasteiger partial charge on any atom is -0.0885 e. The molecule has 0 N–H and O–H groups in total. The van der Waals surface area contributed by atoms with Crippen molar-refractivity contribution in [2.24, 2.45) is 0 Å². The third kappa shape index (κ3) is 25.5. The van der Waals surface area contributed by atoms with Crippen LogP contribution in [0.15, 0.2) is 24.3 Å². The molecule has 0 fully saturated rings. The number of rotatable bonds is 23. The Morgan fingerprint density at radius 3 is 0.857 bits per heavy atom. The van der Waals surface area contributed by atoms with Crippen LogP contribution in [0.2, 0.25) is 0 Å². The number of unbranched alkanes of at least 4 members (excludes halogenated alkanes) is 19. The molecule has 0 atom stereocenters. The Balaban J connectivity index is 3.10. The second-order valence-corrected chi connectivity index (χ2v) is 8.75. The molecule has 0 saturated carbocycles. The highest BCUT2D eigenvalue weighted by molar-refractivity contribution is 4.82. The summed E-state index contributed by atoms with van der Waals surface area (Å²) in [5.74, 6) is 0. The van der Waals surface area contributed by atoms with Gasteiger partial charge in [-0.05, 0) is 44.9 Å². The molecule has 0 heterocycles. The predicted octanol–water partition coefficient (Wildman–Crippen LogP) is 10.7. The smallest absolute Gasteiger partial charge is 0.0351 e. The van der Waals surface area contributed by atoms with Gasteiger partial charge in [0.25, 0.3) is 0 Å². The van der Waals surface area contributed by atoms with E-state index in [-0.39, 0.29) is 0 Å². The van der Waals surface area contributed by atoms with Crippen molar-refractivity contribution in [1.29, 1.82) is 0 Å². The summed E-state index contributed by atoms with van der Waals surface area (Å²) in [7, 11) is 0. The minimum absolute atomic E-state index is 1.28. The number of hydrogen-bond acceptors (Lipinski definition) is 0. The van der Waals surface area contributed by atoms with Crippen LogP contribution >= 0.6 is 0 Å². The number of hydrogen-bond donors (Lipinski definition) is 0. The zero-order valence-corrected chi connectivity index (χ0v) is 19.9. The molecule has 0 rings (SSSR count). The monoisotopic (exact) mass is 390 g/mol. The van der Waals surface area contributed by atoms with E-state index >= 15 is 0 Å². The van der Waals surface area contributed by atoms with Gasteiger partial charge in [-0.3, -0.25) is 0 Å². The van der Waals surface area contributed by atoms with E-state index in [0.717, 1.165) is 0 Å². The van der Waals surface area contributed by atoms with Crippen molar-refractivity contribution < 1.29 is 0 Å². The van der Waals surface area contributed by atoms with Gasteiger partial charge in [-0.15, -0.1) is 0 Å². The largest absolute Gasteiger partial charge is 0.0885 e. The quantitative estimate of drug-likeness (QED) is 0.120.